The summed E-state index contributed by atoms with van der Waals surface area (Å²) in [6.45, 7) is 13.6. The number of hydrogen-bond acceptors (Lipinski definition) is 21. The predicted molar refractivity (Wildman–Crippen MR) is 520 cm³/mol. The molecule has 0 aliphatic carbocycles. The lowest BCUT2D eigenvalue weighted by Crippen LogP contribution is -2.26. The van der Waals surface area contributed by atoms with E-state index < -0.39 is 48.2 Å². The molecule has 6 aliphatic heterocycles. The van der Waals surface area contributed by atoms with Crippen LogP contribution in [0.2, 0.25) is 0 Å². The number of carbonyl (C=O) groups excluding carboxylic acids is 4. The van der Waals surface area contributed by atoms with Crippen LogP contribution in [0.25, 0.3) is 62.6 Å². The molecule has 0 fully saturated rings. The number of rotatable bonds is 21. The minimum Gasteiger partial charge on any atom is -0.481 e. The van der Waals surface area contributed by atoms with Gasteiger partial charge in [-0.3, -0.25) is 53.7 Å². The van der Waals surface area contributed by atoms with Crippen LogP contribution in [0, 0.1) is 5.95 Å². The third-order valence-corrected chi connectivity index (χ3v) is 23.4. The van der Waals surface area contributed by atoms with Gasteiger partial charge in [-0.25, -0.2) is 77.9 Å². The lowest BCUT2D eigenvalue weighted by Gasteiger charge is -2.18. The van der Waals surface area contributed by atoms with Crippen molar-refractivity contribution in [3.63, 3.8) is 0 Å². The Bertz CT molecular complexity index is 7150. The topological polar surface area (TPSA) is 309 Å². The standard InChI is InChI=1S/C26H23F3N6O2.C26H25F2N6O.C25H22FN5O.C23H16F4N6O.4CH4/c1-15(2)23-19(5-4-10-30-23)24-31-13-17-11-21(36)34(25(17)32-24)14-16-6-8-18(9-7-16)35-22(37-3)12-20(33-35)26(27,28)29;1-15(2)22-19(5-4-10-29-22)24-30-12-18-11-21(35)34(26(18)32-24)13-16-6-8-17(9-7-16)25-31-20(23(27)28)14-33(25)3;1-15(2)23-19(4-3-11-27-23)24-28-13-18-12-22(32)31(25(18)30-24)14-16-5-7-17(8-6-16)20-9-10-21(26)29-20;1-32-12-17(23(25,26)27)30-21(32)14-6-4-13(5-7-14)11-33-18(34)9-15-10-29-20(31-22(15)33)16-3-2-8-28-19(16)24;;;;/h4-10,12-13,15H,11,14H2,1-3H3;4-10,12,14-15,23,25H,11,13H2,1-3H3;3-11,13,15,20H,12,14H2,1-2H3;2-8,10,12H,9,11H2,1H3;4*1H4/q;+1;;;;;;. The van der Waals surface area contributed by atoms with Crippen LogP contribution in [0.1, 0.15) is 185 Å². The molecule has 4 amide bonds. The van der Waals surface area contributed by atoms with Crippen molar-refractivity contribution < 1.29 is 72.4 Å². The first-order valence-electron chi connectivity index (χ1n) is 43.8. The van der Waals surface area contributed by atoms with Gasteiger partial charge in [0.2, 0.25) is 41.4 Å². The quantitative estimate of drug-likeness (QED) is 0.0366. The smallest absolute Gasteiger partial charge is 0.435 e. The Morgan fingerprint density at radius 1 is 0.451 bits per heavy atom. The summed E-state index contributed by atoms with van der Waals surface area (Å²) >= 11 is 0. The summed E-state index contributed by atoms with van der Waals surface area (Å²) in [6.07, 6.45) is 7.31. The lowest BCUT2D eigenvalue weighted by molar-refractivity contribution is -0.533. The molecule has 4 aromatic carbocycles. The molecular weight excluding hydrogens is 1840 g/mol. The molecule has 14 aromatic rings. The first kappa shape index (κ1) is 103. The van der Waals surface area contributed by atoms with Crippen molar-refractivity contribution in [3.05, 3.63) is 310 Å². The number of anilines is 4. The predicted octanol–water partition coefficient (Wildman–Crippen LogP) is 20.6. The third-order valence-electron chi connectivity index (χ3n) is 23.4. The van der Waals surface area contributed by atoms with Crippen LogP contribution < -0.4 is 24.3 Å². The van der Waals surface area contributed by atoms with Crippen LogP contribution in [0.15, 0.2) is 230 Å². The van der Waals surface area contributed by atoms with Crippen molar-refractivity contribution >= 4 is 64.8 Å². The highest BCUT2D eigenvalue weighted by Gasteiger charge is 2.40. The summed E-state index contributed by atoms with van der Waals surface area (Å²) in [7, 11) is 4.50. The number of ether oxygens (including phenoxy) is 1. The maximum absolute atomic E-state index is 14.1. The highest BCUT2D eigenvalue weighted by Crippen LogP contribution is 2.41. The Morgan fingerprint density at radius 2 is 0.817 bits per heavy atom. The number of aliphatic imine (C=N–C) groups is 2. The van der Waals surface area contributed by atoms with Crippen molar-refractivity contribution in [1.29, 1.82) is 0 Å². The zero-order valence-electron chi connectivity index (χ0n) is 75.6. The van der Waals surface area contributed by atoms with E-state index in [-0.39, 0.29) is 138 Å². The van der Waals surface area contributed by atoms with Crippen LogP contribution in [-0.2, 0) is 90.4 Å². The number of amides is 4. The van der Waals surface area contributed by atoms with Gasteiger partial charge < -0.3 is 9.30 Å². The largest absolute Gasteiger partial charge is 0.481 e. The molecule has 732 valence electrons. The number of alkyl halides is 8. The van der Waals surface area contributed by atoms with Crippen LogP contribution in [-0.4, -0.2) is 146 Å². The Morgan fingerprint density at radius 3 is 1.16 bits per heavy atom. The van der Waals surface area contributed by atoms with Crippen LogP contribution >= 0.6 is 0 Å². The van der Waals surface area contributed by atoms with Gasteiger partial charge in [-0.2, -0.15) is 40.2 Å². The molecule has 0 radical (unpaired) electrons. The first-order valence-corrected chi connectivity index (χ1v) is 43.8. The molecule has 6 aliphatic rings. The second-order valence-electron chi connectivity index (χ2n) is 34.1. The van der Waals surface area contributed by atoms with E-state index >= 15 is 0 Å². The molecule has 142 heavy (non-hydrogen) atoms. The van der Waals surface area contributed by atoms with Gasteiger partial charge in [-0.05, 0) is 124 Å². The van der Waals surface area contributed by atoms with Crippen molar-refractivity contribution in [3.8, 4) is 68.5 Å². The van der Waals surface area contributed by atoms with E-state index in [0.29, 0.717) is 77.1 Å². The molecule has 0 saturated carbocycles. The number of carbonyl (C=O) groups is 4. The van der Waals surface area contributed by atoms with Gasteiger partial charge in [-0.1, -0.05) is 150 Å². The number of benzene rings is 4. The van der Waals surface area contributed by atoms with Gasteiger partial charge in [0.15, 0.2) is 46.6 Å². The summed E-state index contributed by atoms with van der Waals surface area (Å²) in [5.74, 6) is 3.17. The zero-order chi connectivity index (χ0) is 97.3. The summed E-state index contributed by atoms with van der Waals surface area (Å²) in [5.41, 5.74) is 12.1. The Labute approximate surface area is 813 Å². The maximum atomic E-state index is 14.1. The number of allylic oxidation sites excluding steroid dienone is 1. The van der Waals surface area contributed by atoms with E-state index in [1.165, 1.54) is 54.4 Å². The third kappa shape index (κ3) is 22.1. The molecule has 10 aromatic heterocycles. The number of fused-ring (bicyclic) bond motifs is 4. The fraction of sp³-hybridized carbons (Fsp3) is 0.279. The van der Waals surface area contributed by atoms with E-state index in [9.17, 15) is 63.1 Å². The molecule has 2 unspecified atom stereocenters. The normalized spacial score (nSPS) is 14.9. The second-order valence-corrected chi connectivity index (χ2v) is 34.1. The molecule has 38 heteroatoms. The monoisotopic (exact) mass is 1940 g/mol. The van der Waals surface area contributed by atoms with Crippen LogP contribution in [0.3, 0.4) is 0 Å². The minimum atomic E-state index is -4.59. The molecule has 2 atom stereocenters. The van der Waals surface area contributed by atoms with E-state index in [4.69, 9.17) is 19.7 Å². The van der Waals surface area contributed by atoms with E-state index in [0.717, 1.165) is 101 Å². The second kappa shape index (κ2) is 43.1. The van der Waals surface area contributed by atoms with Gasteiger partial charge in [0, 0.05) is 119 Å². The minimum absolute atomic E-state index is 0. The van der Waals surface area contributed by atoms with Crippen LogP contribution in [0.5, 0.6) is 5.88 Å². The van der Waals surface area contributed by atoms with E-state index in [1.807, 2.05) is 98.8 Å². The summed E-state index contributed by atoms with van der Waals surface area (Å²) in [4.78, 5) is 123. The molecule has 0 spiro atoms. The van der Waals surface area contributed by atoms with Crippen molar-refractivity contribution in [2.75, 3.05) is 33.8 Å². The number of aryl methyl sites for hydroxylation is 1. The molecule has 16 heterocycles. The molecule has 28 nitrogen and oxygen atoms in total. The summed E-state index contributed by atoms with van der Waals surface area (Å²) in [6, 6.07) is 43.7. The van der Waals surface area contributed by atoms with Gasteiger partial charge in [-0.15, -0.1) is 0 Å². The SMILES string of the molecule is C.C.C.C.CC(C)c1ncccc1-c1ncc2c(n1)N(Cc1ccc(C3C=CC(F)=N3)cc1)C(=O)C2.CC(C)c1ncccc1-c1ncc2c(n1)N(Cc1ccc(C3N=C(C(F)F)C=[N+]3C)cc1)C(=O)C2.COc1cc(C(F)(F)F)nn1-c1ccc(CN2C(=O)Cc3cnc(-c4cccnc4C(C)C)nc32)cc1.Cn1cc(C(F)(F)F)nc1-c1ccc(CN2C(=O)Cc3cnc(-c4cccnc4F)nc32)cc1. The molecular formula is C104H102F10N23O5+. The van der Waals surface area contributed by atoms with E-state index in [1.54, 1.807) is 124 Å². The molecule has 0 saturated heterocycles. The number of halogens is 10. The Hall–Kier alpha value is -16.1. The summed E-state index contributed by atoms with van der Waals surface area (Å²) in [5, 5.41) is 3.64. The van der Waals surface area contributed by atoms with Gasteiger partial charge in [0.1, 0.15) is 36.1 Å². The molecule has 0 bridgehead atoms. The van der Waals surface area contributed by atoms with Crippen molar-refractivity contribution in [2.45, 2.75) is 172 Å². The van der Waals surface area contributed by atoms with Crippen molar-refractivity contribution in [2.24, 2.45) is 17.0 Å². The Kier molecular flexibility index (Phi) is 31.4. The number of imidazole rings is 1. The van der Waals surface area contributed by atoms with Crippen molar-refractivity contribution in [1.82, 2.24) is 79.1 Å². The zero-order valence-corrected chi connectivity index (χ0v) is 75.6. The fourth-order valence-corrected chi connectivity index (χ4v) is 16.5. The molecule has 0 N–H and O–H groups in total. The number of hydrogen-bond donors (Lipinski definition) is 0. The average molecular weight is 1940 g/mol. The van der Waals surface area contributed by atoms with Gasteiger partial charge in [0.05, 0.1) is 93.3 Å². The summed E-state index contributed by atoms with van der Waals surface area (Å²) < 4.78 is 141. The number of aromatic nitrogens is 16. The average Bonchev–Trinajstić information content (AvgIpc) is 1.65. The number of pyridine rings is 4. The van der Waals surface area contributed by atoms with Crippen LogP contribution in [0.4, 0.5) is 67.2 Å². The van der Waals surface area contributed by atoms with Gasteiger partial charge in [0.25, 0.3) is 12.6 Å². The van der Waals surface area contributed by atoms with Gasteiger partial charge >= 0.3 is 12.4 Å². The maximum Gasteiger partial charge on any atom is 0.435 e. The number of nitrogens with zero attached hydrogens (tertiary/aromatic N) is 23. The Balaban J connectivity index is 0.000000158. The highest BCUT2D eigenvalue weighted by atomic mass is 19.4. The fourth-order valence-electron chi connectivity index (χ4n) is 16.5. The lowest BCUT2D eigenvalue weighted by atomic mass is 10.0. The first-order chi connectivity index (χ1) is 66.2. The number of methoxy groups -OCH3 is 1. The molecule has 20 rings (SSSR count). The highest BCUT2D eigenvalue weighted by molar-refractivity contribution is 6.31. The van der Waals surface area contributed by atoms with E-state index in [2.05, 4.69) is 92.6 Å².